The molecule has 0 spiro atoms. The SMILES string of the molecule is COCCC(=O)c1cc(C)ccc1OCc1cccc(C)c1. The van der Waals surface area contributed by atoms with E-state index in [4.69, 9.17) is 9.47 Å². The van der Waals surface area contributed by atoms with Crippen LogP contribution in [0.3, 0.4) is 0 Å². The minimum absolute atomic E-state index is 0.0461. The number of carbonyl (C=O) groups excluding carboxylic acids is 1. The van der Waals surface area contributed by atoms with Crippen molar-refractivity contribution in [1.82, 2.24) is 0 Å². The summed E-state index contributed by atoms with van der Waals surface area (Å²) in [5.74, 6) is 0.679. The van der Waals surface area contributed by atoms with E-state index < -0.39 is 0 Å². The zero-order valence-corrected chi connectivity index (χ0v) is 13.4. The minimum Gasteiger partial charge on any atom is -0.488 e. The van der Waals surface area contributed by atoms with Gasteiger partial charge in [0.2, 0.25) is 0 Å². The fourth-order valence-electron chi connectivity index (χ4n) is 2.28. The molecule has 2 aromatic rings. The zero-order valence-electron chi connectivity index (χ0n) is 13.4. The first-order valence-corrected chi connectivity index (χ1v) is 7.41. The summed E-state index contributed by atoms with van der Waals surface area (Å²) >= 11 is 0. The predicted octanol–water partition coefficient (Wildman–Crippen LogP) is 4.10. The largest absolute Gasteiger partial charge is 0.488 e. The number of Topliss-reactive ketones (excluding diaryl/α,β-unsaturated/α-hetero) is 1. The first kappa shape index (κ1) is 16.2. The van der Waals surface area contributed by atoms with Crippen LogP contribution in [0.15, 0.2) is 42.5 Å². The average Bonchev–Trinajstić information content (AvgIpc) is 2.51. The van der Waals surface area contributed by atoms with Crippen molar-refractivity contribution in [3.8, 4) is 5.75 Å². The zero-order chi connectivity index (χ0) is 15.9. The van der Waals surface area contributed by atoms with Gasteiger partial charge in [-0.1, -0.05) is 41.5 Å². The molecule has 0 saturated heterocycles. The lowest BCUT2D eigenvalue weighted by molar-refractivity contribution is 0.0928. The Balaban J connectivity index is 2.14. The monoisotopic (exact) mass is 298 g/mol. The molecule has 3 heteroatoms. The number of ether oxygens (including phenoxy) is 2. The van der Waals surface area contributed by atoms with Gasteiger partial charge in [0.05, 0.1) is 12.2 Å². The van der Waals surface area contributed by atoms with Crippen molar-refractivity contribution in [1.29, 1.82) is 0 Å². The highest BCUT2D eigenvalue weighted by atomic mass is 16.5. The number of ketones is 1. The summed E-state index contributed by atoms with van der Waals surface area (Å²) < 4.78 is 10.9. The summed E-state index contributed by atoms with van der Waals surface area (Å²) in [6.45, 7) is 4.89. The Morgan fingerprint density at radius 2 is 1.82 bits per heavy atom. The number of benzene rings is 2. The van der Waals surface area contributed by atoms with Crippen molar-refractivity contribution < 1.29 is 14.3 Å². The van der Waals surface area contributed by atoms with E-state index in [0.29, 0.717) is 30.9 Å². The maximum Gasteiger partial charge on any atom is 0.168 e. The number of hydrogen-bond donors (Lipinski definition) is 0. The molecule has 0 aliphatic rings. The Hall–Kier alpha value is -2.13. The van der Waals surface area contributed by atoms with Gasteiger partial charge in [-0.05, 0) is 31.5 Å². The highest BCUT2D eigenvalue weighted by Gasteiger charge is 2.13. The van der Waals surface area contributed by atoms with E-state index >= 15 is 0 Å². The molecule has 0 heterocycles. The Labute approximate surface area is 131 Å². The summed E-state index contributed by atoms with van der Waals surface area (Å²) in [5, 5.41) is 0. The quantitative estimate of drug-likeness (QED) is 0.722. The van der Waals surface area contributed by atoms with Gasteiger partial charge in [0.25, 0.3) is 0 Å². The molecule has 0 aromatic heterocycles. The van der Waals surface area contributed by atoms with E-state index in [1.165, 1.54) is 5.56 Å². The molecule has 0 N–H and O–H groups in total. The van der Waals surface area contributed by atoms with E-state index in [2.05, 4.69) is 19.1 Å². The summed E-state index contributed by atoms with van der Waals surface area (Å²) in [6.07, 6.45) is 0.362. The normalized spacial score (nSPS) is 10.5. The van der Waals surface area contributed by atoms with Gasteiger partial charge >= 0.3 is 0 Å². The predicted molar refractivity (Wildman–Crippen MR) is 87.5 cm³/mol. The van der Waals surface area contributed by atoms with E-state index in [1.807, 2.05) is 37.3 Å². The summed E-state index contributed by atoms with van der Waals surface area (Å²) in [7, 11) is 1.60. The van der Waals surface area contributed by atoms with Crippen molar-refractivity contribution in [3.63, 3.8) is 0 Å². The lowest BCUT2D eigenvalue weighted by Gasteiger charge is -2.12. The molecule has 0 aliphatic heterocycles. The highest BCUT2D eigenvalue weighted by Crippen LogP contribution is 2.23. The third kappa shape index (κ3) is 4.43. The van der Waals surface area contributed by atoms with Gasteiger partial charge in [0.15, 0.2) is 5.78 Å². The Morgan fingerprint density at radius 1 is 1.05 bits per heavy atom. The maximum absolute atomic E-state index is 12.3. The third-order valence-corrected chi connectivity index (χ3v) is 3.45. The first-order chi connectivity index (χ1) is 10.6. The molecule has 0 unspecified atom stereocenters. The van der Waals surface area contributed by atoms with E-state index in [1.54, 1.807) is 7.11 Å². The average molecular weight is 298 g/mol. The highest BCUT2D eigenvalue weighted by molar-refractivity contribution is 5.98. The van der Waals surface area contributed by atoms with Crippen molar-refractivity contribution in [2.75, 3.05) is 13.7 Å². The van der Waals surface area contributed by atoms with Crippen molar-refractivity contribution >= 4 is 5.78 Å². The lowest BCUT2D eigenvalue weighted by atomic mass is 10.0. The molecular weight excluding hydrogens is 276 g/mol. The Kier molecular flexibility index (Phi) is 5.73. The number of aryl methyl sites for hydroxylation is 2. The Bertz CT molecular complexity index is 647. The van der Waals surface area contributed by atoms with Crippen LogP contribution in [0, 0.1) is 13.8 Å². The molecule has 0 fully saturated rings. The van der Waals surface area contributed by atoms with Gasteiger partial charge in [-0.25, -0.2) is 0 Å². The van der Waals surface area contributed by atoms with Crippen LogP contribution in [-0.4, -0.2) is 19.5 Å². The first-order valence-electron chi connectivity index (χ1n) is 7.41. The van der Waals surface area contributed by atoms with E-state index in [-0.39, 0.29) is 5.78 Å². The van der Waals surface area contributed by atoms with Crippen LogP contribution >= 0.6 is 0 Å². The van der Waals surface area contributed by atoms with Crippen LogP contribution in [-0.2, 0) is 11.3 Å². The van der Waals surface area contributed by atoms with Crippen LogP contribution in [0.2, 0.25) is 0 Å². The fourth-order valence-corrected chi connectivity index (χ4v) is 2.28. The lowest BCUT2D eigenvalue weighted by Crippen LogP contribution is -2.07. The van der Waals surface area contributed by atoms with Crippen LogP contribution < -0.4 is 4.74 Å². The second-order valence-electron chi connectivity index (χ2n) is 5.44. The summed E-state index contributed by atoms with van der Waals surface area (Å²) in [4.78, 5) is 12.3. The molecule has 0 radical (unpaired) electrons. The topological polar surface area (TPSA) is 35.5 Å². The molecule has 22 heavy (non-hydrogen) atoms. The van der Waals surface area contributed by atoms with Crippen LogP contribution in [0.4, 0.5) is 0 Å². The molecule has 0 saturated carbocycles. The minimum atomic E-state index is 0.0461. The molecule has 0 atom stereocenters. The van der Waals surface area contributed by atoms with E-state index in [0.717, 1.165) is 11.1 Å². The fraction of sp³-hybridized carbons (Fsp3) is 0.316. The van der Waals surface area contributed by atoms with Crippen LogP contribution in [0.25, 0.3) is 0 Å². The van der Waals surface area contributed by atoms with Gasteiger partial charge < -0.3 is 9.47 Å². The molecular formula is C19H22O3. The molecule has 3 nitrogen and oxygen atoms in total. The molecule has 0 amide bonds. The number of hydrogen-bond acceptors (Lipinski definition) is 3. The molecule has 0 bridgehead atoms. The molecule has 2 aromatic carbocycles. The van der Waals surface area contributed by atoms with Gasteiger partial charge in [-0.2, -0.15) is 0 Å². The smallest absolute Gasteiger partial charge is 0.168 e. The Morgan fingerprint density at radius 3 is 2.55 bits per heavy atom. The third-order valence-electron chi connectivity index (χ3n) is 3.45. The van der Waals surface area contributed by atoms with Crippen LogP contribution in [0.5, 0.6) is 5.75 Å². The number of methoxy groups -OCH3 is 1. The van der Waals surface area contributed by atoms with Crippen molar-refractivity contribution in [2.24, 2.45) is 0 Å². The van der Waals surface area contributed by atoms with Crippen molar-refractivity contribution in [2.45, 2.75) is 26.9 Å². The van der Waals surface area contributed by atoms with Crippen molar-refractivity contribution in [3.05, 3.63) is 64.7 Å². The van der Waals surface area contributed by atoms with E-state index in [9.17, 15) is 4.79 Å². The number of carbonyl (C=O) groups is 1. The second kappa shape index (κ2) is 7.76. The van der Waals surface area contributed by atoms with Gasteiger partial charge in [-0.3, -0.25) is 4.79 Å². The maximum atomic E-state index is 12.3. The summed E-state index contributed by atoms with van der Waals surface area (Å²) in [6, 6.07) is 13.9. The summed E-state index contributed by atoms with van der Waals surface area (Å²) in [5.41, 5.74) is 3.96. The molecule has 116 valence electrons. The number of rotatable bonds is 7. The standard InChI is InChI=1S/C19H22O3/c1-14-5-4-6-16(11-14)13-22-19-8-7-15(2)12-17(19)18(20)9-10-21-3/h4-8,11-12H,9-10,13H2,1-3H3. The molecule has 2 rings (SSSR count). The van der Waals surface area contributed by atoms with Crippen LogP contribution in [0.1, 0.15) is 33.5 Å². The molecule has 0 aliphatic carbocycles. The van der Waals surface area contributed by atoms with Gasteiger partial charge in [0.1, 0.15) is 12.4 Å². The van der Waals surface area contributed by atoms with Gasteiger partial charge in [-0.15, -0.1) is 0 Å². The van der Waals surface area contributed by atoms with Gasteiger partial charge in [0, 0.05) is 13.5 Å². The second-order valence-corrected chi connectivity index (χ2v) is 5.44.